The fraction of sp³-hybridized carbons (Fsp3) is 0.400. The molecule has 27 heavy (non-hydrogen) atoms. The van der Waals surface area contributed by atoms with Gasteiger partial charge in [-0.05, 0) is 44.9 Å². The number of likely N-dealkylation sites (tertiary alicyclic amines) is 1. The van der Waals surface area contributed by atoms with E-state index in [1.807, 2.05) is 43.9 Å². The molecule has 0 bridgehead atoms. The first-order chi connectivity index (χ1) is 13.1. The summed E-state index contributed by atoms with van der Waals surface area (Å²) in [4.78, 5) is 16.2. The standard InChI is InChI=1S/C20H25N7/c1-14-6-4-8-21-20(14)25-19-10-17(23-15(2)24-19)18-7-5-9-27(18)13-16-11-22-26(3)12-16/h4,6,8,10-12,18H,5,7,9,13H2,1-3H3,(H,21,23,24,25)/t18-/m1/s1. The van der Waals surface area contributed by atoms with E-state index in [-0.39, 0.29) is 0 Å². The average Bonchev–Trinajstić information content (AvgIpc) is 3.26. The van der Waals surface area contributed by atoms with Crippen LogP contribution in [0.2, 0.25) is 0 Å². The minimum Gasteiger partial charge on any atom is -0.325 e. The highest BCUT2D eigenvalue weighted by atomic mass is 15.3. The molecule has 0 aromatic carbocycles. The summed E-state index contributed by atoms with van der Waals surface area (Å²) in [6.07, 6.45) is 8.10. The topological polar surface area (TPSA) is 71.8 Å². The van der Waals surface area contributed by atoms with Crippen LogP contribution in [0.15, 0.2) is 36.8 Å². The zero-order valence-electron chi connectivity index (χ0n) is 16.1. The fourth-order valence-corrected chi connectivity index (χ4v) is 3.70. The van der Waals surface area contributed by atoms with Crippen molar-refractivity contribution in [3.8, 4) is 0 Å². The Balaban J connectivity index is 1.57. The highest BCUT2D eigenvalue weighted by Crippen LogP contribution is 2.33. The highest BCUT2D eigenvalue weighted by Gasteiger charge is 2.28. The van der Waals surface area contributed by atoms with Crippen molar-refractivity contribution in [2.75, 3.05) is 11.9 Å². The summed E-state index contributed by atoms with van der Waals surface area (Å²) in [5.41, 5.74) is 3.40. The van der Waals surface area contributed by atoms with Gasteiger partial charge in [-0.1, -0.05) is 6.07 Å². The van der Waals surface area contributed by atoms with Crippen molar-refractivity contribution < 1.29 is 0 Å². The third-order valence-electron chi connectivity index (χ3n) is 4.96. The summed E-state index contributed by atoms with van der Waals surface area (Å²) in [5, 5.41) is 7.64. The predicted molar refractivity (Wildman–Crippen MR) is 105 cm³/mol. The summed E-state index contributed by atoms with van der Waals surface area (Å²) in [7, 11) is 1.95. The lowest BCUT2D eigenvalue weighted by Crippen LogP contribution is -2.23. The van der Waals surface area contributed by atoms with Gasteiger partial charge in [-0.3, -0.25) is 9.58 Å². The summed E-state index contributed by atoms with van der Waals surface area (Å²) in [6.45, 7) is 5.95. The number of hydrogen-bond acceptors (Lipinski definition) is 6. The quantitative estimate of drug-likeness (QED) is 0.750. The van der Waals surface area contributed by atoms with Gasteiger partial charge in [0, 0.05) is 37.6 Å². The lowest BCUT2D eigenvalue weighted by atomic mass is 10.1. The summed E-state index contributed by atoms with van der Waals surface area (Å²) in [6, 6.07) is 6.34. The smallest absolute Gasteiger partial charge is 0.135 e. The lowest BCUT2D eigenvalue weighted by Gasteiger charge is -2.24. The minimum atomic E-state index is 0.303. The monoisotopic (exact) mass is 363 g/mol. The van der Waals surface area contributed by atoms with Crippen LogP contribution in [0.4, 0.5) is 11.6 Å². The highest BCUT2D eigenvalue weighted by molar-refractivity contribution is 5.55. The van der Waals surface area contributed by atoms with Gasteiger partial charge in [0.05, 0.1) is 17.9 Å². The third kappa shape index (κ3) is 3.98. The number of nitrogens with one attached hydrogen (secondary N) is 1. The Hall–Kier alpha value is -2.80. The molecule has 140 valence electrons. The zero-order chi connectivity index (χ0) is 18.8. The van der Waals surface area contributed by atoms with Gasteiger partial charge in [0.15, 0.2) is 0 Å². The number of aryl methyl sites for hydroxylation is 3. The van der Waals surface area contributed by atoms with Crippen molar-refractivity contribution in [1.29, 1.82) is 0 Å². The van der Waals surface area contributed by atoms with Crippen LogP contribution < -0.4 is 5.32 Å². The number of nitrogens with zero attached hydrogens (tertiary/aromatic N) is 6. The van der Waals surface area contributed by atoms with Crippen LogP contribution in [0.1, 0.15) is 41.5 Å². The van der Waals surface area contributed by atoms with E-state index in [1.54, 1.807) is 6.20 Å². The molecule has 3 aromatic rings. The van der Waals surface area contributed by atoms with E-state index in [0.717, 1.165) is 48.2 Å². The van der Waals surface area contributed by atoms with E-state index >= 15 is 0 Å². The van der Waals surface area contributed by atoms with Crippen molar-refractivity contribution in [3.63, 3.8) is 0 Å². The van der Waals surface area contributed by atoms with Crippen molar-refractivity contribution in [2.24, 2.45) is 7.05 Å². The van der Waals surface area contributed by atoms with Crippen LogP contribution in [0.3, 0.4) is 0 Å². The first kappa shape index (κ1) is 17.6. The molecule has 1 aliphatic heterocycles. The molecule has 1 N–H and O–H groups in total. The van der Waals surface area contributed by atoms with E-state index < -0.39 is 0 Å². The average molecular weight is 363 g/mol. The van der Waals surface area contributed by atoms with E-state index in [4.69, 9.17) is 4.98 Å². The molecule has 1 fully saturated rings. The molecular formula is C20H25N7. The Labute approximate surface area is 159 Å². The molecule has 4 rings (SSSR count). The van der Waals surface area contributed by atoms with E-state index in [1.165, 1.54) is 12.0 Å². The van der Waals surface area contributed by atoms with Crippen LogP contribution in [-0.4, -0.2) is 36.2 Å². The first-order valence-corrected chi connectivity index (χ1v) is 9.34. The second kappa shape index (κ2) is 7.44. The molecule has 7 heteroatoms. The van der Waals surface area contributed by atoms with E-state index in [9.17, 15) is 0 Å². The molecule has 3 aromatic heterocycles. The predicted octanol–water partition coefficient (Wildman–Crippen LogP) is 3.30. The number of anilines is 2. The molecule has 0 aliphatic carbocycles. The maximum Gasteiger partial charge on any atom is 0.135 e. The Kier molecular flexibility index (Phi) is 4.85. The van der Waals surface area contributed by atoms with Crippen molar-refractivity contribution in [2.45, 2.75) is 39.3 Å². The van der Waals surface area contributed by atoms with Gasteiger partial charge >= 0.3 is 0 Å². The molecule has 0 amide bonds. The first-order valence-electron chi connectivity index (χ1n) is 9.34. The normalized spacial score (nSPS) is 17.4. The van der Waals surface area contributed by atoms with Crippen LogP contribution in [0.5, 0.6) is 0 Å². The van der Waals surface area contributed by atoms with Gasteiger partial charge in [-0.15, -0.1) is 0 Å². The van der Waals surface area contributed by atoms with Crippen molar-refractivity contribution in [3.05, 3.63) is 59.4 Å². The molecule has 1 aliphatic rings. The second-order valence-electron chi connectivity index (χ2n) is 7.17. The van der Waals surface area contributed by atoms with Gasteiger partial charge in [0.25, 0.3) is 0 Å². The van der Waals surface area contributed by atoms with Gasteiger partial charge in [-0.2, -0.15) is 5.10 Å². The maximum absolute atomic E-state index is 4.74. The number of pyridine rings is 1. The minimum absolute atomic E-state index is 0.303. The van der Waals surface area contributed by atoms with E-state index in [2.05, 4.69) is 37.5 Å². The van der Waals surface area contributed by atoms with E-state index in [0.29, 0.717) is 6.04 Å². The summed E-state index contributed by atoms with van der Waals surface area (Å²) >= 11 is 0. The Bertz CT molecular complexity index is 934. The molecule has 0 radical (unpaired) electrons. The van der Waals surface area contributed by atoms with Crippen molar-refractivity contribution >= 4 is 11.6 Å². The molecule has 1 atom stereocenters. The molecular weight excluding hydrogens is 338 g/mol. The Morgan fingerprint density at radius 1 is 1.26 bits per heavy atom. The molecule has 4 heterocycles. The number of hydrogen-bond donors (Lipinski definition) is 1. The van der Waals surface area contributed by atoms with Gasteiger partial charge in [0.2, 0.25) is 0 Å². The maximum atomic E-state index is 4.74. The summed E-state index contributed by atoms with van der Waals surface area (Å²) in [5.74, 6) is 2.41. The number of aromatic nitrogens is 5. The van der Waals surface area contributed by atoms with Crippen molar-refractivity contribution in [1.82, 2.24) is 29.6 Å². The Morgan fingerprint density at radius 2 is 2.15 bits per heavy atom. The number of rotatable bonds is 5. The molecule has 0 saturated carbocycles. The van der Waals surface area contributed by atoms with Crippen LogP contribution in [0.25, 0.3) is 0 Å². The molecule has 0 spiro atoms. The third-order valence-corrected chi connectivity index (χ3v) is 4.96. The summed E-state index contributed by atoms with van der Waals surface area (Å²) < 4.78 is 1.85. The van der Waals surface area contributed by atoms with Crippen LogP contribution in [0, 0.1) is 13.8 Å². The SMILES string of the molecule is Cc1nc(Nc2ncccc2C)cc([C@H]2CCCN2Cc2cnn(C)c2)n1. The molecule has 7 nitrogen and oxygen atoms in total. The fourth-order valence-electron chi connectivity index (χ4n) is 3.70. The largest absolute Gasteiger partial charge is 0.325 e. The Morgan fingerprint density at radius 3 is 2.93 bits per heavy atom. The zero-order valence-corrected chi connectivity index (χ0v) is 16.1. The van der Waals surface area contributed by atoms with Gasteiger partial charge in [-0.25, -0.2) is 15.0 Å². The molecule has 0 unspecified atom stereocenters. The van der Waals surface area contributed by atoms with Crippen LogP contribution >= 0.6 is 0 Å². The van der Waals surface area contributed by atoms with Crippen LogP contribution in [-0.2, 0) is 13.6 Å². The van der Waals surface area contributed by atoms with Gasteiger partial charge < -0.3 is 5.32 Å². The lowest BCUT2D eigenvalue weighted by molar-refractivity contribution is 0.244. The molecule has 1 saturated heterocycles. The second-order valence-corrected chi connectivity index (χ2v) is 7.17. The van der Waals surface area contributed by atoms with Gasteiger partial charge in [0.1, 0.15) is 17.5 Å².